The highest BCUT2D eigenvalue weighted by Gasteiger charge is 2.15. The summed E-state index contributed by atoms with van der Waals surface area (Å²) in [5, 5.41) is 2.76. The number of ether oxygens (including phenoxy) is 1. The van der Waals surface area contributed by atoms with E-state index < -0.39 is 0 Å². The van der Waals surface area contributed by atoms with Crippen LogP contribution in [0.15, 0.2) is 77.6 Å². The monoisotopic (exact) mass is 439 g/mol. The lowest BCUT2D eigenvalue weighted by Gasteiger charge is -2.13. The number of hydrogen-bond donors (Lipinski definition) is 2. The Balaban J connectivity index is 1.42. The molecule has 33 heavy (non-hydrogen) atoms. The number of carbonyl (C=O) groups is 1. The van der Waals surface area contributed by atoms with Crippen molar-refractivity contribution in [1.82, 2.24) is 19.5 Å². The van der Waals surface area contributed by atoms with Crippen molar-refractivity contribution < 1.29 is 9.53 Å². The highest BCUT2D eigenvalue weighted by Crippen LogP contribution is 2.19. The predicted octanol–water partition coefficient (Wildman–Crippen LogP) is 3.84. The minimum Gasteiger partial charge on any atom is -0.497 e. The van der Waals surface area contributed by atoms with E-state index >= 15 is 0 Å². The van der Waals surface area contributed by atoms with Gasteiger partial charge in [-0.1, -0.05) is 24.3 Å². The standard InChI is InChI=1S/C25H21N5O3/c1-33-17-12-10-16(11-13-17)30-22-9-5-4-8-20(22)26-21(24(30)32)14-15-23(31)29-25-27-18-6-2-3-7-19(18)28-25/h2-13H,14-15H2,1H3,(H2,27,28,29,31). The summed E-state index contributed by atoms with van der Waals surface area (Å²) in [5.41, 5.74) is 3.76. The van der Waals surface area contributed by atoms with E-state index in [1.165, 1.54) is 0 Å². The van der Waals surface area contributed by atoms with E-state index in [9.17, 15) is 9.59 Å². The number of carbonyl (C=O) groups excluding carboxylic acids is 1. The lowest BCUT2D eigenvalue weighted by molar-refractivity contribution is -0.116. The van der Waals surface area contributed by atoms with E-state index in [1.54, 1.807) is 23.8 Å². The molecule has 2 aromatic heterocycles. The Morgan fingerprint density at radius 1 is 0.970 bits per heavy atom. The topological polar surface area (TPSA) is 102 Å². The molecule has 5 rings (SSSR count). The van der Waals surface area contributed by atoms with Crippen molar-refractivity contribution in [3.63, 3.8) is 0 Å². The molecule has 5 aromatic rings. The number of imidazole rings is 1. The molecule has 0 bridgehead atoms. The van der Waals surface area contributed by atoms with Crippen LogP contribution in [-0.2, 0) is 11.2 Å². The number of aryl methyl sites for hydroxylation is 1. The Morgan fingerprint density at radius 3 is 2.45 bits per heavy atom. The van der Waals surface area contributed by atoms with Gasteiger partial charge in [0.05, 0.1) is 29.2 Å². The van der Waals surface area contributed by atoms with Gasteiger partial charge in [0.25, 0.3) is 5.56 Å². The van der Waals surface area contributed by atoms with E-state index in [0.717, 1.165) is 11.0 Å². The summed E-state index contributed by atoms with van der Waals surface area (Å²) in [7, 11) is 1.59. The van der Waals surface area contributed by atoms with Crippen LogP contribution in [0.4, 0.5) is 5.95 Å². The molecule has 2 N–H and O–H groups in total. The molecule has 0 aliphatic rings. The number of H-pyrrole nitrogens is 1. The fourth-order valence-electron chi connectivity index (χ4n) is 3.77. The summed E-state index contributed by atoms with van der Waals surface area (Å²) >= 11 is 0. The maximum Gasteiger partial charge on any atom is 0.277 e. The maximum absolute atomic E-state index is 13.3. The molecule has 8 heteroatoms. The summed E-state index contributed by atoms with van der Waals surface area (Å²) in [6, 6.07) is 22.2. The highest BCUT2D eigenvalue weighted by molar-refractivity contribution is 5.91. The second-order valence-corrected chi connectivity index (χ2v) is 7.54. The van der Waals surface area contributed by atoms with Crippen LogP contribution >= 0.6 is 0 Å². The lowest BCUT2D eigenvalue weighted by atomic mass is 10.2. The number of para-hydroxylation sites is 4. The summed E-state index contributed by atoms with van der Waals surface area (Å²) in [5.74, 6) is 0.829. The molecule has 1 amide bonds. The number of nitrogens with one attached hydrogen (secondary N) is 2. The first-order valence-electron chi connectivity index (χ1n) is 10.5. The number of fused-ring (bicyclic) bond motifs is 2. The SMILES string of the molecule is COc1ccc(-n2c(=O)c(CCC(=O)Nc3nc4ccccc4[nH]3)nc3ccccc32)cc1. The van der Waals surface area contributed by atoms with Crippen LogP contribution in [0.1, 0.15) is 12.1 Å². The normalized spacial score (nSPS) is 11.1. The number of aromatic amines is 1. The molecule has 0 aliphatic carbocycles. The molecular formula is C25H21N5O3. The van der Waals surface area contributed by atoms with Gasteiger partial charge < -0.3 is 9.72 Å². The molecule has 8 nitrogen and oxygen atoms in total. The number of rotatable bonds is 6. The third-order valence-corrected chi connectivity index (χ3v) is 5.39. The molecule has 0 atom stereocenters. The smallest absolute Gasteiger partial charge is 0.277 e. The van der Waals surface area contributed by atoms with Crippen molar-refractivity contribution in [3.8, 4) is 11.4 Å². The largest absolute Gasteiger partial charge is 0.497 e. The fourth-order valence-corrected chi connectivity index (χ4v) is 3.77. The van der Waals surface area contributed by atoms with Gasteiger partial charge in [-0.15, -0.1) is 0 Å². The van der Waals surface area contributed by atoms with Crippen LogP contribution in [0.3, 0.4) is 0 Å². The number of methoxy groups -OCH3 is 1. The fraction of sp³-hybridized carbons (Fsp3) is 0.120. The summed E-state index contributed by atoms with van der Waals surface area (Å²) in [6.07, 6.45) is 0.298. The van der Waals surface area contributed by atoms with Crippen LogP contribution < -0.4 is 15.6 Å². The van der Waals surface area contributed by atoms with Gasteiger partial charge in [-0.3, -0.25) is 19.5 Å². The van der Waals surface area contributed by atoms with Gasteiger partial charge in [-0.25, -0.2) is 9.97 Å². The Kier molecular flexibility index (Phi) is 5.32. The molecular weight excluding hydrogens is 418 g/mol. The zero-order valence-electron chi connectivity index (χ0n) is 17.9. The van der Waals surface area contributed by atoms with Gasteiger partial charge in [0.15, 0.2) is 0 Å². The Bertz CT molecular complexity index is 1490. The van der Waals surface area contributed by atoms with E-state index in [-0.39, 0.29) is 24.3 Å². The van der Waals surface area contributed by atoms with Crippen LogP contribution in [0.2, 0.25) is 0 Å². The van der Waals surface area contributed by atoms with E-state index in [1.807, 2.05) is 60.7 Å². The molecule has 0 aliphatic heterocycles. The molecule has 0 saturated carbocycles. The molecule has 2 heterocycles. The number of anilines is 1. The van der Waals surface area contributed by atoms with Crippen molar-refractivity contribution in [2.45, 2.75) is 12.8 Å². The predicted molar refractivity (Wildman–Crippen MR) is 127 cm³/mol. The van der Waals surface area contributed by atoms with Gasteiger partial charge >= 0.3 is 0 Å². The molecule has 0 spiro atoms. The zero-order chi connectivity index (χ0) is 22.8. The van der Waals surface area contributed by atoms with Crippen LogP contribution in [0.25, 0.3) is 27.8 Å². The number of aromatic nitrogens is 4. The van der Waals surface area contributed by atoms with Crippen molar-refractivity contribution in [2.75, 3.05) is 12.4 Å². The van der Waals surface area contributed by atoms with E-state index in [4.69, 9.17) is 4.74 Å². The molecule has 0 fully saturated rings. The summed E-state index contributed by atoms with van der Waals surface area (Å²) < 4.78 is 6.85. The van der Waals surface area contributed by atoms with Crippen molar-refractivity contribution in [1.29, 1.82) is 0 Å². The first-order chi connectivity index (χ1) is 16.1. The number of amides is 1. The Hall–Kier alpha value is -4.46. The van der Waals surface area contributed by atoms with Crippen molar-refractivity contribution in [2.24, 2.45) is 0 Å². The summed E-state index contributed by atoms with van der Waals surface area (Å²) in [4.78, 5) is 37.9. The zero-order valence-corrected chi connectivity index (χ0v) is 17.9. The van der Waals surface area contributed by atoms with Gasteiger partial charge in [0, 0.05) is 18.5 Å². The second kappa shape index (κ2) is 8.58. The first kappa shape index (κ1) is 20.4. The highest BCUT2D eigenvalue weighted by atomic mass is 16.5. The van der Waals surface area contributed by atoms with E-state index in [0.29, 0.717) is 34.1 Å². The molecule has 0 radical (unpaired) electrons. The summed E-state index contributed by atoms with van der Waals surface area (Å²) in [6.45, 7) is 0. The van der Waals surface area contributed by atoms with Crippen LogP contribution in [0.5, 0.6) is 5.75 Å². The lowest BCUT2D eigenvalue weighted by Crippen LogP contribution is -2.25. The van der Waals surface area contributed by atoms with Crippen LogP contribution in [0, 0.1) is 0 Å². The van der Waals surface area contributed by atoms with Gasteiger partial charge in [0.1, 0.15) is 11.4 Å². The van der Waals surface area contributed by atoms with Gasteiger partial charge in [0.2, 0.25) is 11.9 Å². The molecule has 3 aromatic carbocycles. The minimum atomic E-state index is -0.254. The Labute approximate surface area is 188 Å². The number of nitrogens with zero attached hydrogens (tertiary/aromatic N) is 3. The number of hydrogen-bond acceptors (Lipinski definition) is 5. The van der Waals surface area contributed by atoms with Gasteiger partial charge in [-0.2, -0.15) is 0 Å². The second-order valence-electron chi connectivity index (χ2n) is 7.54. The first-order valence-corrected chi connectivity index (χ1v) is 10.5. The average Bonchev–Trinajstić information content (AvgIpc) is 3.25. The third-order valence-electron chi connectivity index (χ3n) is 5.39. The third kappa shape index (κ3) is 4.06. The average molecular weight is 439 g/mol. The quantitative estimate of drug-likeness (QED) is 0.419. The minimum absolute atomic E-state index is 0.0975. The van der Waals surface area contributed by atoms with Crippen molar-refractivity contribution >= 4 is 33.9 Å². The Morgan fingerprint density at radius 2 is 1.70 bits per heavy atom. The maximum atomic E-state index is 13.3. The van der Waals surface area contributed by atoms with Gasteiger partial charge in [-0.05, 0) is 48.5 Å². The van der Waals surface area contributed by atoms with E-state index in [2.05, 4.69) is 20.3 Å². The van der Waals surface area contributed by atoms with Crippen molar-refractivity contribution in [3.05, 3.63) is 88.8 Å². The molecule has 0 saturated heterocycles. The number of benzene rings is 3. The van der Waals surface area contributed by atoms with Crippen LogP contribution in [-0.4, -0.2) is 32.5 Å². The molecule has 164 valence electrons. The molecule has 0 unspecified atom stereocenters.